The van der Waals surface area contributed by atoms with Crippen molar-refractivity contribution in [2.75, 3.05) is 26.2 Å². The third-order valence-electron chi connectivity index (χ3n) is 3.09. The van der Waals surface area contributed by atoms with Crippen LogP contribution >= 0.6 is 15.9 Å². The molecular formula is C16H21BrN2O2. The van der Waals surface area contributed by atoms with Gasteiger partial charge in [0.15, 0.2) is 0 Å². The van der Waals surface area contributed by atoms with Gasteiger partial charge in [-0.1, -0.05) is 28.1 Å². The zero-order valence-corrected chi connectivity index (χ0v) is 13.5. The van der Waals surface area contributed by atoms with Crippen LogP contribution in [0, 0.1) is 0 Å². The normalized spacial score (nSPS) is 11.0. The lowest BCUT2D eigenvalue weighted by Crippen LogP contribution is -2.23. The number of nitrogens with one attached hydrogen (secondary N) is 2. The molecule has 0 spiro atoms. The van der Waals surface area contributed by atoms with Crippen LogP contribution in [0.15, 0.2) is 45.3 Å². The molecule has 1 aromatic carbocycles. The first kappa shape index (κ1) is 16.2. The van der Waals surface area contributed by atoms with Crippen molar-refractivity contribution in [2.45, 2.75) is 13.0 Å². The zero-order chi connectivity index (χ0) is 14.9. The van der Waals surface area contributed by atoms with Crippen molar-refractivity contribution in [3.63, 3.8) is 0 Å². The summed E-state index contributed by atoms with van der Waals surface area (Å²) in [5, 5.41) is 15.1. The van der Waals surface area contributed by atoms with Crippen molar-refractivity contribution >= 4 is 15.9 Å². The van der Waals surface area contributed by atoms with Gasteiger partial charge < -0.3 is 20.2 Å². The van der Waals surface area contributed by atoms with E-state index in [0.717, 1.165) is 47.6 Å². The molecule has 114 valence electrons. The minimum absolute atomic E-state index is 0.193. The van der Waals surface area contributed by atoms with E-state index in [9.17, 15) is 0 Å². The van der Waals surface area contributed by atoms with Gasteiger partial charge in [-0.05, 0) is 43.8 Å². The molecule has 0 aliphatic heterocycles. The summed E-state index contributed by atoms with van der Waals surface area (Å²) < 4.78 is 6.89. The lowest BCUT2D eigenvalue weighted by atomic mass is 10.2. The first-order chi connectivity index (χ1) is 10.3. The number of rotatable bonds is 9. The number of aliphatic hydroxyl groups excluding tert-OH is 1. The van der Waals surface area contributed by atoms with Gasteiger partial charge in [0, 0.05) is 16.6 Å². The van der Waals surface area contributed by atoms with Gasteiger partial charge in [-0.2, -0.15) is 0 Å². The van der Waals surface area contributed by atoms with E-state index in [1.165, 1.54) is 0 Å². The number of benzene rings is 1. The molecular weight excluding hydrogens is 332 g/mol. The maximum Gasteiger partial charge on any atom is 0.134 e. The Balaban J connectivity index is 1.72. The van der Waals surface area contributed by atoms with Gasteiger partial charge in [0.25, 0.3) is 0 Å². The fraction of sp³-hybridized carbons (Fsp3) is 0.375. The van der Waals surface area contributed by atoms with Gasteiger partial charge in [-0.3, -0.25) is 0 Å². The molecule has 0 aliphatic rings. The summed E-state index contributed by atoms with van der Waals surface area (Å²) in [6.07, 6.45) is 1.03. The lowest BCUT2D eigenvalue weighted by molar-refractivity contribution is 0.292. The van der Waals surface area contributed by atoms with Crippen molar-refractivity contribution in [3.8, 4) is 11.3 Å². The van der Waals surface area contributed by atoms with E-state index in [0.29, 0.717) is 6.54 Å². The lowest BCUT2D eigenvalue weighted by Gasteiger charge is -2.04. The van der Waals surface area contributed by atoms with Crippen LogP contribution in [0.1, 0.15) is 12.2 Å². The molecule has 0 atom stereocenters. The molecule has 0 aliphatic carbocycles. The second kappa shape index (κ2) is 9.00. The number of aliphatic hydroxyl groups is 1. The van der Waals surface area contributed by atoms with Crippen LogP contribution in [0.5, 0.6) is 0 Å². The summed E-state index contributed by atoms with van der Waals surface area (Å²) in [5.74, 6) is 1.83. The fourth-order valence-corrected chi connectivity index (χ4v) is 2.26. The highest BCUT2D eigenvalue weighted by molar-refractivity contribution is 9.10. The second-order valence-electron chi connectivity index (χ2n) is 4.78. The van der Waals surface area contributed by atoms with Crippen LogP contribution in [0.2, 0.25) is 0 Å². The highest BCUT2D eigenvalue weighted by atomic mass is 79.9. The summed E-state index contributed by atoms with van der Waals surface area (Å²) >= 11 is 3.43. The Morgan fingerprint density at radius 3 is 2.48 bits per heavy atom. The Labute approximate surface area is 133 Å². The number of halogens is 1. The van der Waals surface area contributed by atoms with Crippen molar-refractivity contribution < 1.29 is 9.52 Å². The summed E-state index contributed by atoms with van der Waals surface area (Å²) in [6, 6.07) is 12.1. The van der Waals surface area contributed by atoms with Gasteiger partial charge in [0.1, 0.15) is 11.5 Å². The summed E-state index contributed by atoms with van der Waals surface area (Å²) in [4.78, 5) is 0. The largest absolute Gasteiger partial charge is 0.460 e. The highest BCUT2D eigenvalue weighted by Crippen LogP contribution is 2.23. The van der Waals surface area contributed by atoms with Gasteiger partial charge in [-0.15, -0.1) is 0 Å². The molecule has 4 nitrogen and oxygen atoms in total. The minimum atomic E-state index is 0.193. The van der Waals surface area contributed by atoms with E-state index in [1.807, 2.05) is 36.4 Å². The molecule has 21 heavy (non-hydrogen) atoms. The molecule has 0 saturated heterocycles. The van der Waals surface area contributed by atoms with E-state index in [-0.39, 0.29) is 6.61 Å². The van der Waals surface area contributed by atoms with Crippen molar-refractivity contribution in [3.05, 3.63) is 46.6 Å². The topological polar surface area (TPSA) is 57.4 Å². The Morgan fingerprint density at radius 1 is 0.952 bits per heavy atom. The first-order valence-electron chi connectivity index (χ1n) is 7.16. The average molecular weight is 353 g/mol. The van der Waals surface area contributed by atoms with E-state index in [4.69, 9.17) is 9.52 Å². The standard InChI is InChI=1S/C16H21BrN2O2/c17-14-4-2-13(3-5-14)16-7-6-15(21-16)12-19-9-1-8-18-10-11-20/h2-7,18-20H,1,8-12H2. The zero-order valence-electron chi connectivity index (χ0n) is 11.9. The van der Waals surface area contributed by atoms with Crippen LogP contribution in [0.4, 0.5) is 0 Å². The van der Waals surface area contributed by atoms with E-state index < -0.39 is 0 Å². The molecule has 0 unspecified atom stereocenters. The van der Waals surface area contributed by atoms with Gasteiger partial charge in [-0.25, -0.2) is 0 Å². The minimum Gasteiger partial charge on any atom is -0.460 e. The second-order valence-corrected chi connectivity index (χ2v) is 5.69. The molecule has 5 heteroatoms. The Hall–Kier alpha value is -1.14. The summed E-state index contributed by atoms with van der Waals surface area (Å²) in [7, 11) is 0. The van der Waals surface area contributed by atoms with Crippen LogP contribution in [-0.4, -0.2) is 31.3 Å². The molecule has 1 aromatic heterocycles. The van der Waals surface area contributed by atoms with Gasteiger partial charge in [0.2, 0.25) is 0 Å². The molecule has 0 saturated carbocycles. The van der Waals surface area contributed by atoms with Crippen molar-refractivity contribution in [1.82, 2.24) is 10.6 Å². The first-order valence-corrected chi connectivity index (χ1v) is 7.96. The smallest absolute Gasteiger partial charge is 0.134 e. The number of hydrogen-bond donors (Lipinski definition) is 3. The molecule has 0 radical (unpaired) electrons. The molecule has 0 bridgehead atoms. The van der Waals surface area contributed by atoms with Crippen LogP contribution in [0.3, 0.4) is 0 Å². The van der Waals surface area contributed by atoms with Gasteiger partial charge in [0.05, 0.1) is 13.2 Å². The maximum absolute atomic E-state index is 8.64. The SMILES string of the molecule is OCCNCCCNCc1ccc(-c2ccc(Br)cc2)o1. The molecule has 1 heterocycles. The maximum atomic E-state index is 8.64. The summed E-state index contributed by atoms with van der Waals surface area (Å²) in [5.41, 5.74) is 1.08. The highest BCUT2D eigenvalue weighted by Gasteiger charge is 2.04. The molecule has 2 aromatic rings. The Bertz CT molecular complexity index is 525. The predicted octanol–water partition coefficient (Wildman–Crippen LogP) is 2.77. The molecule has 3 N–H and O–H groups in total. The molecule has 2 rings (SSSR count). The molecule has 0 amide bonds. The molecule has 0 fully saturated rings. The quantitative estimate of drug-likeness (QED) is 0.607. The van der Waals surface area contributed by atoms with Crippen molar-refractivity contribution in [1.29, 1.82) is 0 Å². The third-order valence-corrected chi connectivity index (χ3v) is 3.61. The third kappa shape index (κ3) is 5.63. The monoisotopic (exact) mass is 352 g/mol. The Kier molecular flexibility index (Phi) is 6.95. The fourth-order valence-electron chi connectivity index (χ4n) is 2.00. The Morgan fingerprint density at radius 2 is 1.71 bits per heavy atom. The van der Waals surface area contributed by atoms with E-state index >= 15 is 0 Å². The summed E-state index contributed by atoms with van der Waals surface area (Å²) in [6.45, 7) is 3.42. The number of furan rings is 1. The predicted molar refractivity (Wildman–Crippen MR) is 88.1 cm³/mol. The number of hydrogen-bond acceptors (Lipinski definition) is 4. The van der Waals surface area contributed by atoms with E-state index in [2.05, 4.69) is 26.6 Å². The average Bonchev–Trinajstić information content (AvgIpc) is 2.96. The van der Waals surface area contributed by atoms with Gasteiger partial charge >= 0.3 is 0 Å². The van der Waals surface area contributed by atoms with Crippen LogP contribution in [-0.2, 0) is 6.54 Å². The van der Waals surface area contributed by atoms with Crippen LogP contribution < -0.4 is 10.6 Å². The van der Waals surface area contributed by atoms with Crippen molar-refractivity contribution in [2.24, 2.45) is 0 Å². The van der Waals surface area contributed by atoms with E-state index in [1.54, 1.807) is 0 Å². The van der Waals surface area contributed by atoms with Crippen LogP contribution in [0.25, 0.3) is 11.3 Å².